The molecule has 0 unspecified atom stereocenters. The summed E-state index contributed by atoms with van der Waals surface area (Å²) in [4.78, 5) is 0. The lowest BCUT2D eigenvalue weighted by molar-refractivity contribution is 0.348. The van der Waals surface area contributed by atoms with E-state index in [1.807, 2.05) is 30.3 Å². The van der Waals surface area contributed by atoms with E-state index in [0.717, 1.165) is 12.3 Å². The van der Waals surface area contributed by atoms with Gasteiger partial charge in [0.15, 0.2) is 0 Å². The molecule has 0 spiro atoms. The molecule has 2 heteroatoms. The number of aliphatic hydroxyl groups excluding tert-OH is 1. The Balaban J connectivity index is 2.43. The molecule has 0 saturated carbocycles. The van der Waals surface area contributed by atoms with Crippen molar-refractivity contribution in [3.05, 3.63) is 42.6 Å². The molecular formula is C8H10NO. The van der Waals surface area contributed by atoms with Crippen molar-refractivity contribution in [2.24, 2.45) is 0 Å². The SMILES string of the molecule is O[CH]NCc1ccccc1. The summed E-state index contributed by atoms with van der Waals surface area (Å²) in [6, 6.07) is 9.89. The summed E-state index contributed by atoms with van der Waals surface area (Å²) in [7, 11) is 0. The molecule has 0 bridgehead atoms. The molecule has 0 fully saturated rings. The highest BCUT2D eigenvalue weighted by Crippen LogP contribution is 1.96. The fourth-order valence-electron chi connectivity index (χ4n) is 0.759. The Morgan fingerprint density at radius 1 is 1.30 bits per heavy atom. The lowest BCUT2D eigenvalue weighted by atomic mass is 10.2. The van der Waals surface area contributed by atoms with Gasteiger partial charge >= 0.3 is 0 Å². The molecule has 0 aromatic heterocycles. The predicted octanol–water partition coefficient (Wildman–Crippen LogP) is 1.27. The lowest BCUT2D eigenvalue weighted by Crippen LogP contribution is -2.08. The van der Waals surface area contributed by atoms with Crippen molar-refractivity contribution in [2.45, 2.75) is 6.54 Å². The topological polar surface area (TPSA) is 32.3 Å². The van der Waals surface area contributed by atoms with E-state index in [-0.39, 0.29) is 0 Å². The number of benzene rings is 1. The first-order valence-electron chi connectivity index (χ1n) is 3.16. The van der Waals surface area contributed by atoms with Crippen molar-refractivity contribution < 1.29 is 5.11 Å². The number of rotatable bonds is 3. The second kappa shape index (κ2) is 4.04. The van der Waals surface area contributed by atoms with Gasteiger partial charge in [0.05, 0.1) is 0 Å². The molecule has 0 aliphatic rings. The molecule has 0 saturated heterocycles. The summed E-state index contributed by atoms with van der Waals surface area (Å²) < 4.78 is 0. The van der Waals surface area contributed by atoms with Crippen LogP contribution in [0.3, 0.4) is 0 Å². The van der Waals surface area contributed by atoms with Gasteiger partial charge in [0.2, 0.25) is 0 Å². The van der Waals surface area contributed by atoms with Crippen molar-refractivity contribution in [2.75, 3.05) is 0 Å². The quantitative estimate of drug-likeness (QED) is 0.655. The van der Waals surface area contributed by atoms with Gasteiger partial charge in [0.1, 0.15) is 6.73 Å². The summed E-state index contributed by atoms with van der Waals surface area (Å²) in [5.41, 5.74) is 1.16. The van der Waals surface area contributed by atoms with Crippen molar-refractivity contribution in [3.8, 4) is 0 Å². The second-order valence-corrected chi connectivity index (χ2v) is 2.00. The van der Waals surface area contributed by atoms with Gasteiger partial charge in [0, 0.05) is 6.54 Å². The maximum Gasteiger partial charge on any atom is 0.144 e. The van der Waals surface area contributed by atoms with E-state index in [1.54, 1.807) is 0 Å². The van der Waals surface area contributed by atoms with Crippen LogP contribution in [0.1, 0.15) is 5.56 Å². The molecule has 53 valence electrons. The number of hydrogen-bond acceptors (Lipinski definition) is 2. The van der Waals surface area contributed by atoms with Gasteiger partial charge in [-0.05, 0) is 5.56 Å². The van der Waals surface area contributed by atoms with E-state index in [2.05, 4.69) is 5.32 Å². The normalized spacial score (nSPS) is 9.70. The van der Waals surface area contributed by atoms with E-state index < -0.39 is 0 Å². The standard InChI is InChI=1S/C8H10NO/c10-7-9-6-8-4-2-1-3-5-8/h1-5,7,9-10H,6H2. The minimum atomic E-state index is 0.678. The van der Waals surface area contributed by atoms with Gasteiger partial charge in [-0.1, -0.05) is 30.3 Å². The monoisotopic (exact) mass is 136 g/mol. The molecule has 0 heterocycles. The van der Waals surface area contributed by atoms with Crippen molar-refractivity contribution >= 4 is 0 Å². The van der Waals surface area contributed by atoms with Gasteiger partial charge in [-0.25, -0.2) is 0 Å². The highest BCUT2D eigenvalue weighted by atomic mass is 16.3. The average Bonchev–Trinajstić information content (AvgIpc) is 2.03. The minimum Gasteiger partial charge on any atom is -0.374 e. The Morgan fingerprint density at radius 2 is 2.00 bits per heavy atom. The molecule has 2 nitrogen and oxygen atoms in total. The number of nitrogens with one attached hydrogen (secondary N) is 1. The second-order valence-electron chi connectivity index (χ2n) is 2.00. The van der Waals surface area contributed by atoms with Crippen LogP contribution in [0, 0.1) is 6.73 Å². The molecule has 0 amide bonds. The zero-order valence-electron chi connectivity index (χ0n) is 5.62. The molecule has 1 radical (unpaired) electrons. The third-order valence-corrected chi connectivity index (χ3v) is 1.24. The maximum atomic E-state index is 8.29. The Hall–Kier alpha value is -0.860. The zero-order valence-corrected chi connectivity index (χ0v) is 5.62. The molecule has 0 aliphatic carbocycles. The predicted molar refractivity (Wildman–Crippen MR) is 39.5 cm³/mol. The van der Waals surface area contributed by atoms with Crippen molar-refractivity contribution in [1.29, 1.82) is 0 Å². The first-order chi connectivity index (χ1) is 4.93. The number of hydrogen-bond donors (Lipinski definition) is 2. The van der Waals surface area contributed by atoms with E-state index in [0.29, 0.717) is 6.54 Å². The van der Waals surface area contributed by atoms with Crippen LogP contribution in [0.4, 0.5) is 0 Å². The molecule has 0 atom stereocenters. The fourth-order valence-corrected chi connectivity index (χ4v) is 0.759. The first-order valence-corrected chi connectivity index (χ1v) is 3.16. The van der Waals surface area contributed by atoms with Crippen LogP contribution in [0.5, 0.6) is 0 Å². The van der Waals surface area contributed by atoms with Crippen LogP contribution in [0.15, 0.2) is 30.3 Å². The van der Waals surface area contributed by atoms with E-state index in [1.165, 1.54) is 0 Å². The number of aliphatic hydroxyl groups is 1. The summed E-state index contributed by atoms with van der Waals surface area (Å²) in [6.07, 6.45) is 0. The summed E-state index contributed by atoms with van der Waals surface area (Å²) in [5, 5.41) is 11.0. The molecular weight excluding hydrogens is 126 g/mol. The third kappa shape index (κ3) is 2.17. The van der Waals surface area contributed by atoms with Crippen LogP contribution in [-0.4, -0.2) is 5.11 Å². The Morgan fingerprint density at radius 3 is 2.60 bits per heavy atom. The van der Waals surface area contributed by atoms with Crippen LogP contribution < -0.4 is 5.32 Å². The smallest absolute Gasteiger partial charge is 0.144 e. The van der Waals surface area contributed by atoms with Crippen molar-refractivity contribution in [1.82, 2.24) is 5.32 Å². The third-order valence-electron chi connectivity index (χ3n) is 1.24. The van der Waals surface area contributed by atoms with E-state index >= 15 is 0 Å². The van der Waals surface area contributed by atoms with E-state index in [4.69, 9.17) is 5.11 Å². The van der Waals surface area contributed by atoms with Gasteiger partial charge < -0.3 is 5.11 Å². The minimum absolute atomic E-state index is 0.678. The zero-order chi connectivity index (χ0) is 7.23. The van der Waals surface area contributed by atoms with Crippen LogP contribution in [0.2, 0.25) is 0 Å². The highest BCUT2D eigenvalue weighted by molar-refractivity contribution is 5.14. The first kappa shape index (κ1) is 7.25. The van der Waals surface area contributed by atoms with Crippen LogP contribution in [-0.2, 0) is 6.54 Å². The largest absolute Gasteiger partial charge is 0.374 e. The Kier molecular flexibility index (Phi) is 2.93. The van der Waals surface area contributed by atoms with Crippen LogP contribution >= 0.6 is 0 Å². The summed E-state index contributed by atoms with van der Waals surface area (Å²) >= 11 is 0. The van der Waals surface area contributed by atoms with Gasteiger partial charge in [-0.3, -0.25) is 5.32 Å². The maximum absolute atomic E-state index is 8.29. The molecule has 1 rings (SSSR count). The Labute approximate surface area is 60.5 Å². The van der Waals surface area contributed by atoms with Gasteiger partial charge in [0.25, 0.3) is 0 Å². The summed E-state index contributed by atoms with van der Waals surface area (Å²) in [5.74, 6) is 0. The molecule has 1 aromatic rings. The van der Waals surface area contributed by atoms with Crippen LogP contribution in [0.25, 0.3) is 0 Å². The Bertz CT molecular complexity index is 174. The van der Waals surface area contributed by atoms with Gasteiger partial charge in [-0.2, -0.15) is 0 Å². The lowest BCUT2D eigenvalue weighted by Gasteiger charge is -1.98. The molecule has 0 aliphatic heterocycles. The average molecular weight is 136 g/mol. The van der Waals surface area contributed by atoms with E-state index in [9.17, 15) is 0 Å². The summed E-state index contributed by atoms with van der Waals surface area (Å²) in [6.45, 7) is 1.63. The molecule has 2 N–H and O–H groups in total. The van der Waals surface area contributed by atoms with Gasteiger partial charge in [-0.15, -0.1) is 0 Å². The van der Waals surface area contributed by atoms with Crippen molar-refractivity contribution in [3.63, 3.8) is 0 Å². The molecule has 1 aromatic carbocycles. The molecule has 10 heavy (non-hydrogen) atoms. The fraction of sp³-hybridized carbons (Fsp3) is 0.125. The highest BCUT2D eigenvalue weighted by Gasteiger charge is 1.86.